The third kappa shape index (κ3) is 2.37. The average molecular weight is 297 g/mol. The minimum absolute atomic E-state index is 0.0541. The number of aromatic nitrogens is 2. The van der Waals surface area contributed by atoms with E-state index in [1.54, 1.807) is 7.05 Å². The van der Waals surface area contributed by atoms with Gasteiger partial charge in [-0.2, -0.15) is 5.10 Å². The van der Waals surface area contributed by atoms with E-state index in [9.17, 15) is 14.9 Å². The van der Waals surface area contributed by atoms with Crippen LogP contribution in [0.25, 0.3) is 0 Å². The Hall–Kier alpha value is -2.36. The number of aryl methyl sites for hydroxylation is 1. The van der Waals surface area contributed by atoms with E-state index in [1.807, 2.05) is 4.90 Å². The molecule has 1 amide bonds. The molecule has 0 aromatic carbocycles. The lowest BCUT2D eigenvalue weighted by Gasteiger charge is -2.33. The Bertz CT molecular complexity index is 588. The van der Waals surface area contributed by atoms with Gasteiger partial charge in [-0.15, -0.1) is 0 Å². The van der Waals surface area contributed by atoms with Crippen LogP contribution in [-0.4, -0.2) is 57.2 Å². The monoisotopic (exact) mass is 297 g/mol. The molecule has 10 heteroatoms. The summed E-state index contributed by atoms with van der Waals surface area (Å²) in [5.41, 5.74) is -0.0541. The lowest BCUT2D eigenvalue weighted by atomic mass is 10.1. The highest BCUT2D eigenvalue weighted by molar-refractivity contribution is 5.65. The fraction of sp³-hybridized carbons (Fsp3) is 0.636. The first-order valence-corrected chi connectivity index (χ1v) is 6.52. The summed E-state index contributed by atoms with van der Waals surface area (Å²) in [6, 6.07) is -0.287. The Kier molecular flexibility index (Phi) is 3.16. The molecule has 2 bridgehead atoms. The number of anilines is 1. The second-order valence-electron chi connectivity index (χ2n) is 5.23. The highest BCUT2D eigenvalue weighted by Crippen LogP contribution is 2.34. The second kappa shape index (κ2) is 4.88. The molecule has 0 radical (unpaired) electrons. The minimum atomic E-state index is -1.09. The molecule has 2 aliphatic rings. The van der Waals surface area contributed by atoms with Crippen molar-refractivity contribution in [1.29, 1.82) is 0 Å². The van der Waals surface area contributed by atoms with Gasteiger partial charge in [0.15, 0.2) is 0 Å². The molecule has 2 fully saturated rings. The van der Waals surface area contributed by atoms with E-state index >= 15 is 0 Å². The summed E-state index contributed by atoms with van der Waals surface area (Å²) in [4.78, 5) is 23.2. The molecule has 3 unspecified atom stereocenters. The molecule has 3 atom stereocenters. The smallest absolute Gasteiger partial charge is 0.404 e. The number of fused-ring (bicyclic) bond motifs is 2. The van der Waals surface area contributed by atoms with Gasteiger partial charge < -0.3 is 20.1 Å². The minimum Gasteiger partial charge on any atom is -0.465 e. The first-order chi connectivity index (χ1) is 9.95. The normalized spacial score (nSPS) is 27.7. The summed E-state index contributed by atoms with van der Waals surface area (Å²) < 4.78 is 7.17. The number of nitrogens with one attached hydrogen (secondary N) is 1. The van der Waals surface area contributed by atoms with Crippen molar-refractivity contribution < 1.29 is 19.6 Å². The molecule has 1 aromatic heterocycles. The number of nitrogens with zero attached hydrogens (tertiary/aromatic N) is 4. The summed E-state index contributed by atoms with van der Waals surface area (Å²) in [6.07, 6.45) is 0.248. The molecule has 2 saturated heterocycles. The number of amides is 1. The van der Waals surface area contributed by atoms with Crippen LogP contribution in [0, 0.1) is 10.1 Å². The second-order valence-corrected chi connectivity index (χ2v) is 5.23. The van der Waals surface area contributed by atoms with Gasteiger partial charge in [0.05, 0.1) is 23.2 Å². The predicted octanol–water partition coefficient (Wildman–Crippen LogP) is -0.0580. The first-order valence-electron chi connectivity index (χ1n) is 6.52. The van der Waals surface area contributed by atoms with Gasteiger partial charge in [0, 0.05) is 20.1 Å². The molecule has 0 aliphatic carbocycles. The van der Waals surface area contributed by atoms with Crippen molar-refractivity contribution in [1.82, 2.24) is 15.1 Å². The molecule has 0 saturated carbocycles. The van der Waals surface area contributed by atoms with Crippen molar-refractivity contribution in [3.8, 4) is 0 Å². The fourth-order valence-electron chi connectivity index (χ4n) is 3.06. The standard InChI is InChI=1S/C11H15N5O5/c1-14-10(8(3-12-14)16(19)20)15-4-6-2-7(13-11(17)18)9(5-15)21-6/h3,6-7,9,13H,2,4-5H2,1H3,(H,17,18). The Labute approximate surface area is 119 Å². The molecular weight excluding hydrogens is 282 g/mol. The maximum absolute atomic E-state index is 11.1. The van der Waals surface area contributed by atoms with Gasteiger partial charge >= 0.3 is 11.8 Å². The number of rotatable bonds is 3. The summed E-state index contributed by atoms with van der Waals surface area (Å²) in [5.74, 6) is 0.425. The average Bonchev–Trinajstić information content (AvgIpc) is 2.90. The fourth-order valence-corrected chi connectivity index (χ4v) is 3.06. The highest BCUT2D eigenvalue weighted by atomic mass is 16.6. The topological polar surface area (TPSA) is 123 Å². The molecule has 2 N–H and O–H groups in total. The maximum Gasteiger partial charge on any atom is 0.404 e. The molecule has 10 nitrogen and oxygen atoms in total. The van der Waals surface area contributed by atoms with Crippen molar-refractivity contribution in [2.24, 2.45) is 7.05 Å². The zero-order chi connectivity index (χ0) is 15.1. The molecule has 0 spiro atoms. The molecule has 3 rings (SSSR count). The van der Waals surface area contributed by atoms with E-state index in [0.717, 1.165) is 0 Å². The summed E-state index contributed by atoms with van der Waals surface area (Å²) in [7, 11) is 1.65. The van der Waals surface area contributed by atoms with Gasteiger partial charge in [-0.25, -0.2) is 9.48 Å². The molecular formula is C11H15N5O5. The SMILES string of the molecule is Cn1ncc([N+](=O)[O-])c1N1CC2CC(NC(=O)O)C(C1)O2. The van der Waals surface area contributed by atoms with Crippen LogP contribution in [0.3, 0.4) is 0 Å². The van der Waals surface area contributed by atoms with E-state index in [4.69, 9.17) is 9.84 Å². The number of carboxylic acid groups (broad SMARTS) is 1. The number of ether oxygens (including phenoxy) is 1. The number of hydrogen-bond donors (Lipinski definition) is 2. The third-order valence-corrected chi connectivity index (χ3v) is 3.85. The maximum atomic E-state index is 11.1. The predicted molar refractivity (Wildman–Crippen MR) is 70.3 cm³/mol. The van der Waals surface area contributed by atoms with Crippen LogP contribution in [0.4, 0.5) is 16.3 Å². The Morgan fingerprint density at radius 3 is 3.05 bits per heavy atom. The largest absolute Gasteiger partial charge is 0.465 e. The van der Waals surface area contributed by atoms with Crippen molar-refractivity contribution in [2.45, 2.75) is 24.7 Å². The van der Waals surface area contributed by atoms with Gasteiger partial charge in [-0.1, -0.05) is 0 Å². The van der Waals surface area contributed by atoms with E-state index < -0.39 is 11.0 Å². The van der Waals surface area contributed by atoms with Crippen LogP contribution in [-0.2, 0) is 11.8 Å². The zero-order valence-corrected chi connectivity index (χ0v) is 11.3. The number of morpholine rings is 1. The first kappa shape index (κ1) is 13.6. The van der Waals surface area contributed by atoms with Gasteiger partial charge in [0.2, 0.25) is 5.82 Å². The Morgan fingerprint density at radius 2 is 2.38 bits per heavy atom. The van der Waals surface area contributed by atoms with Crippen molar-refractivity contribution in [3.05, 3.63) is 16.3 Å². The van der Waals surface area contributed by atoms with Crippen LogP contribution < -0.4 is 10.2 Å². The van der Waals surface area contributed by atoms with E-state index in [0.29, 0.717) is 25.3 Å². The quantitative estimate of drug-likeness (QED) is 0.592. The molecule has 1 aromatic rings. The van der Waals surface area contributed by atoms with Crippen LogP contribution in [0.2, 0.25) is 0 Å². The van der Waals surface area contributed by atoms with Crippen LogP contribution in [0.5, 0.6) is 0 Å². The highest BCUT2D eigenvalue weighted by Gasteiger charge is 2.44. The molecule has 2 aliphatic heterocycles. The molecule has 21 heavy (non-hydrogen) atoms. The summed E-state index contributed by atoms with van der Waals surface area (Å²) in [5, 5.41) is 26.3. The van der Waals surface area contributed by atoms with Crippen LogP contribution >= 0.6 is 0 Å². The Balaban J connectivity index is 1.82. The van der Waals surface area contributed by atoms with Gasteiger partial charge in [0.25, 0.3) is 0 Å². The lowest BCUT2D eigenvalue weighted by Crippen LogP contribution is -2.48. The number of nitro groups is 1. The van der Waals surface area contributed by atoms with Crippen molar-refractivity contribution in [3.63, 3.8) is 0 Å². The van der Waals surface area contributed by atoms with Gasteiger partial charge in [-0.05, 0) is 6.42 Å². The third-order valence-electron chi connectivity index (χ3n) is 3.85. The molecule has 3 heterocycles. The van der Waals surface area contributed by atoms with E-state index in [1.165, 1.54) is 10.9 Å². The van der Waals surface area contributed by atoms with Gasteiger partial charge in [-0.3, -0.25) is 10.1 Å². The van der Waals surface area contributed by atoms with Crippen LogP contribution in [0.1, 0.15) is 6.42 Å². The van der Waals surface area contributed by atoms with E-state index in [-0.39, 0.29) is 23.9 Å². The zero-order valence-electron chi connectivity index (χ0n) is 11.3. The van der Waals surface area contributed by atoms with Crippen LogP contribution in [0.15, 0.2) is 6.20 Å². The van der Waals surface area contributed by atoms with Crippen molar-refractivity contribution in [2.75, 3.05) is 18.0 Å². The summed E-state index contributed by atoms with van der Waals surface area (Å²) >= 11 is 0. The van der Waals surface area contributed by atoms with E-state index in [2.05, 4.69) is 10.4 Å². The van der Waals surface area contributed by atoms with Gasteiger partial charge in [0.1, 0.15) is 6.20 Å². The lowest BCUT2D eigenvalue weighted by molar-refractivity contribution is -0.384. The number of carbonyl (C=O) groups is 1. The number of hydrogen-bond acceptors (Lipinski definition) is 6. The Morgan fingerprint density at radius 1 is 1.62 bits per heavy atom. The van der Waals surface area contributed by atoms with Crippen molar-refractivity contribution >= 4 is 17.6 Å². The molecule has 114 valence electrons. The summed E-state index contributed by atoms with van der Waals surface area (Å²) in [6.45, 7) is 0.872.